The van der Waals surface area contributed by atoms with Crippen molar-refractivity contribution >= 4 is 39.1 Å². The Balaban J connectivity index is 1.41. The van der Waals surface area contributed by atoms with Crippen LogP contribution in [-0.2, 0) is 25.9 Å². The van der Waals surface area contributed by atoms with E-state index < -0.39 is 0 Å². The van der Waals surface area contributed by atoms with Crippen LogP contribution in [0.25, 0.3) is 10.2 Å². The molecule has 1 aliphatic rings. The van der Waals surface area contributed by atoms with Gasteiger partial charge in [0, 0.05) is 28.4 Å². The number of carbonyl (C=O) groups is 1. The molecule has 8 heteroatoms. The van der Waals surface area contributed by atoms with Crippen LogP contribution in [0.15, 0.2) is 38.8 Å². The van der Waals surface area contributed by atoms with Crippen LogP contribution < -0.4 is 5.56 Å². The van der Waals surface area contributed by atoms with E-state index in [1.165, 1.54) is 28.6 Å². The van der Waals surface area contributed by atoms with Crippen LogP contribution in [0.4, 0.5) is 0 Å². The van der Waals surface area contributed by atoms with E-state index in [2.05, 4.69) is 4.57 Å². The summed E-state index contributed by atoms with van der Waals surface area (Å²) in [5.41, 5.74) is 3.90. The number of furan rings is 1. The standard InChI is InChI=1S/C25H27N3O3S2/c1-4-27-24(30)22-18-9-5-6-10-21(18)33-23(22)26-25(27)32-14-20(29)19-12-15(2)28(16(19)3)13-17-8-7-11-31-17/h7-8,11-12H,4-6,9-10,13-14H2,1-3H3. The van der Waals surface area contributed by atoms with Crippen molar-refractivity contribution in [3.8, 4) is 0 Å². The summed E-state index contributed by atoms with van der Waals surface area (Å²) in [6.07, 6.45) is 5.97. The van der Waals surface area contributed by atoms with E-state index in [-0.39, 0.29) is 17.1 Å². The highest BCUT2D eigenvalue weighted by atomic mass is 32.2. The summed E-state index contributed by atoms with van der Waals surface area (Å²) in [5.74, 6) is 1.14. The van der Waals surface area contributed by atoms with Crippen LogP contribution in [0.1, 0.15) is 57.7 Å². The molecule has 33 heavy (non-hydrogen) atoms. The summed E-state index contributed by atoms with van der Waals surface area (Å²) in [4.78, 5) is 33.4. The van der Waals surface area contributed by atoms with Gasteiger partial charge >= 0.3 is 0 Å². The average Bonchev–Trinajstić information content (AvgIpc) is 3.52. The molecule has 0 amide bonds. The molecular weight excluding hydrogens is 454 g/mol. The van der Waals surface area contributed by atoms with E-state index in [1.807, 2.05) is 39.0 Å². The van der Waals surface area contributed by atoms with E-state index in [0.29, 0.717) is 23.8 Å². The third-order valence-electron chi connectivity index (χ3n) is 6.46. The van der Waals surface area contributed by atoms with E-state index >= 15 is 0 Å². The largest absolute Gasteiger partial charge is 0.467 e. The highest BCUT2D eigenvalue weighted by Gasteiger charge is 2.23. The average molecular weight is 482 g/mol. The second kappa shape index (κ2) is 8.99. The van der Waals surface area contributed by atoms with Crippen LogP contribution in [0.5, 0.6) is 0 Å². The number of thioether (sulfide) groups is 1. The number of hydrogen-bond acceptors (Lipinski definition) is 6. The summed E-state index contributed by atoms with van der Waals surface area (Å²) in [7, 11) is 0. The Hall–Kier alpha value is -2.58. The molecule has 0 aliphatic heterocycles. The number of carbonyl (C=O) groups excluding carboxylic acids is 1. The van der Waals surface area contributed by atoms with Gasteiger partial charge in [-0.05, 0) is 70.2 Å². The molecule has 0 saturated heterocycles. The van der Waals surface area contributed by atoms with Crippen molar-refractivity contribution in [1.29, 1.82) is 0 Å². The number of thiophene rings is 1. The summed E-state index contributed by atoms with van der Waals surface area (Å²) in [6, 6.07) is 5.75. The van der Waals surface area contributed by atoms with Crippen molar-refractivity contribution in [2.45, 2.75) is 64.7 Å². The van der Waals surface area contributed by atoms with Gasteiger partial charge in [0.05, 0.1) is 23.9 Å². The summed E-state index contributed by atoms with van der Waals surface area (Å²) in [6.45, 7) is 7.07. The first-order chi connectivity index (χ1) is 16.0. The number of nitrogens with zero attached hydrogens (tertiary/aromatic N) is 3. The lowest BCUT2D eigenvalue weighted by Crippen LogP contribution is -2.23. The van der Waals surface area contributed by atoms with Gasteiger partial charge in [-0.2, -0.15) is 0 Å². The zero-order chi connectivity index (χ0) is 23.1. The minimum atomic E-state index is 0.0356. The normalized spacial score (nSPS) is 13.5. The van der Waals surface area contributed by atoms with Gasteiger partial charge < -0.3 is 8.98 Å². The molecule has 0 aromatic carbocycles. The van der Waals surface area contributed by atoms with Gasteiger partial charge in [-0.15, -0.1) is 11.3 Å². The lowest BCUT2D eigenvalue weighted by Gasteiger charge is -2.12. The fraction of sp³-hybridized carbons (Fsp3) is 0.400. The molecule has 0 unspecified atom stereocenters. The van der Waals surface area contributed by atoms with E-state index in [9.17, 15) is 9.59 Å². The van der Waals surface area contributed by atoms with Crippen molar-refractivity contribution < 1.29 is 9.21 Å². The lowest BCUT2D eigenvalue weighted by atomic mass is 9.97. The van der Waals surface area contributed by atoms with E-state index in [0.717, 1.165) is 46.6 Å². The van der Waals surface area contributed by atoms with Gasteiger partial charge in [0.2, 0.25) is 0 Å². The molecule has 4 heterocycles. The van der Waals surface area contributed by atoms with Gasteiger partial charge in [0.25, 0.3) is 5.56 Å². The third kappa shape index (κ3) is 3.99. The number of ketones is 1. The van der Waals surface area contributed by atoms with Crippen molar-refractivity contribution in [3.05, 3.63) is 68.0 Å². The minimum absolute atomic E-state index is 0.0356. The van der Waals surface area contributed by atoms with Gasteiger partial charge in [-0.25, -0.2) is 4.98 Å². The Labute approximate surface area is 200 Å². The SMILES string of the molecule is CCn1c(SCC(=O)c2cc(C)n(Cc3ccco3)c2C)nc2sc3c(c2c1=O)CCCC3. The molecule has 1 aliphatic carbocycles. The number of Topliss-reactive ketones (excluding diaryl/α,β-unsaturated/α-hetero) is 1. The molecule has 0 saturated carbocycles. The first-order valence-electron chi connectivity index (χ1n) is 11.4. The Morgan fingerprint density at radius 2 is 2.06 bits per heavy atom. The van der Waals surface area contributed by atoms with Gasteiger partial charge in [0.1, 0.15) is 10.6 Å². The first-order valence-corrected chi connectivity index (χ1v) is 13.2. The van der Waals surface area contributed by atoms with Gasteiger partial charge in [-0.3, -0.25) is 14.2 Å². The van der Waals surface area contributed by atoms with Crippen molar-refractivity contribution in [2.24, 2.45) is 0 Å². The molecule has 0 atom stereocenters. The van der Waals surface area contributed by atoms with E-state index in [4.69, 9.17) is 9.40 Å². The highest BCUT2D eigenvalue weighted by molar-refractivity contribution is 7.99. The highest BCUT2D eigenvalue weighted by Crippen LogP contribution is 2.34. The fourth-order valence-electron chi connectivity index (χ4n) is 4.70. The number of hydrogen-bond donors (Lipinski definition) is 0. The molecule has 0 N–H and O–H groups in total. The van der Waals surface area contributed by atoms with Gasteiger partial charge in [0.15, 0.2) is 10.9 Å². The van der Waals surface area contributed by atoms with Crippen LogP contribution in [0.3, 0.4) is 0 Å². The summed E-state index contributed by atoms with van der Waals surface area (Å²) < 4.78 is 9.30. The molecular formula is C25H27N3O3S2. The van der Waals surface area contributed by atoms with Crippen LogP contribution in [-0.4, -0.2) is 25.7 Å². The Bertz CT molecular complexity index is 1390. The Morgan fingerprint density at radius 1 is 1.24 bits per heavy atom. The zero-order valence-corrected chi connectivity index (χ0v) is 20.8. The second-order valence-electron chi connectivity index (χ2n) is 8.50. The first kappa shape index (κ1) is 22.2. The van der Waals surface area contributed by atoms with Crippen LogP contribution in [0, 0.1) is 13.8 Å². The van der Waals surface area contributed by atoms with Gasteiger partial charge in [-0.1, -0.05) is 11.8 Å². The predicted octanol–water partition coefficient (Wildman–Crippen LogP) is 5.39. The number of aryl methyl sites for hydroxylation is 3. The number of aromatic nitrogens is 3. The molecule has 172 valence electrons. The topological polar surface area (TPSA) is 70.0 Å². The monoisotopic (exact) mass is 481 g/mol. The Kier molecular flexibility index (Phi) is 6.05. The predicted molar refractivity (Wildman–Crippen MR) is 133 cm³/mol. The molecule has 0 fully saturated rings. The van der Waals surface area contributed by atoms with E-state index in [1.54, 1.807) is 22.2 Å². The lowest BCUT2D eigenvalue weighted by molar-refractivity contribution is 0.102. The molecule has 5 rings (SSSR count). The maximum atomic E-state index is 13.3. The maximum Gasteiger partial charge on any atom is 0.263 e. The van der Waals surface area contributed by atoms with Crippen LogP contribution >= 0.6 is 23.1 Å². The third-order valence-corrected chi connectivity index (χ3v) is 8.62. The molecule has 4 aromatic rings. The molecule has 6 nitrogen and oxygen atoms in total. The summed E-state index contributed by atoms with van der Waals surface area (Å²) >= 11 is 3.01. The molecule has 0 radical (unpaired) electrons. The zero-order valence-electron chi connectivity index (χ0n) is 19.1. The molecule has 0 spiro atoms. The molecule has 4 aromatic heterocycles. The Morgan fingerprint density at radius 3 is 2.82 bits per heavy atom. The van der Waals surface area contributed by atoms with Crippen molar-refractivity contribution in [2.75, 3.05) is 5.75 Å². The number of fused-ring (bicyclic) bond motifs is 3. The summed E-state index contributed by atoms with van der Waals surface area (Å²) in [5, 5.41) is 1.43. The van der Waals surface area contributed by atoms with Crippen molar-refractivity contribution in [1.82, 2.24) is 14.1 Å². The quantitative estimate of drug-likeness (QED) is 0.201. The fourth-order valence-corrected chi connectivity index (χ4v) is 6.95. The second-order valence-corrected chi connectivity index (χ2v) is 10.5. The number of rotatable bonds is 7. The smallest absolute Gasteiger partial charge is 0.263 e. The minimum Gasteiger partial charge on any atom is -0.467 e. The molecule has 0 bridgehead atoms. The maximum absolute atomic E-state index is 13.3. The van der Waals surface area contributed by atoms with Crippen LogP contribution in [0.2, 0.25) is 0 Å². The van der Waals surface area contributed by atoms with Crippen molar-refractivity contribution in [3.63, 3.8) is 0 Å².